The van der Waals surface area contributed by atoms with E-state index in [1.165, 1.54) is 5.56 Å². The molecule has 19 heavy (non-hydrogen) atoms. The van der Waals surface area contributed by atoms with Crippen LogP contribution < -0.4 is 5.32 Å². The highest BCUT2D eigenvalue weighted by atomic mass is 14.9. The summed E-state index contributed by atoms with van der Waals surface area (Å²) in [5.41, 5.74) is 3.38. The van der Waals surface area contributed by atoms with Crippen LogP contribution in [0.2, 0.25) is 0 Å². The fourth-order valence-electron chi connectivity index (χ4n) is 2.19. The summed E-state index contributed by atoms with van der Waals surface area (Å²) in [7, 11) is 0. The number of benzene rings is 1. The van der Waals surface area contributed by atoms with Gasteiger partial charge in [-0.05, 0) is 25.3 Å². The Morgan fingerprint density at radius 1 is 1.05 bits per heavy atom. The maximum Gasteiger partial charge on any atom is 0.0782 e. The Kier molecular flexibility index (Phi) is 4.63. The zero-order chi connectivity index (χ0) is 13.7. The molecule has 0 saturated carbocycles. The average Bonchev–Trinajstić information content (AvgIpc) is 2.46. The van der Waals surface area contributed by atoms with E-state index in [4.69, 9.17) is 0 Å². The molecule has 1 N–H and O–H groups in total. The van der Waals surface area contributed by atoms with Crippen LogP contribution in [-0.2, 0) is 0 Å². The molecular formula is C16H21N3. The number of hydrogen-bond donors (Lipinski definition) is 1. The normalized spacial score (nSPS) is 14.1. The van der Waals surface area contributed by atoms with Crippen molar-refractivity contribution >= 4 is 0 Å². The van der Waals surface area contributed by atoms with Crippen molar-refractivity contribution in [2.75, 3.05) is 6.54 Å². The molecule has 0 aliphatic heterocycles. The lowest BCUT2D eigenvalue weighted by atomic mass is 10.0. The van der Waals surface area contributed by atoms with Crippen LogP contribution in [-0.4, -0.2) is 16.5 Å². The maximum atomic E-state index is 4.40. The SMILES string of the molecule is Cc1nccnc1C(C)NCC(C)c1ccccc1. The first-order chi connectivity index (χ1) is 9.18. The van der Waals surface area contributed by atoms with E-state index in [0.29, 0.717) is 5.92 Å². The van der Waals surface area contributed by atoms with Gasteiger partial charge in [-0.25, -0.2) is 0 Å². The van der Waals surface area contributed by atoms with Crippen LogP contribution in [0.4, 0.5) is 0 Å². The van der Waals surface area contributed by atoms with E-state index in [1.54, 1.807) is 12.4 Å². The second-order valence-electron chi connectivity index (χ2n) is 4.97. The van der Waals surface area contributed by atoms with Gasteiger partial charge in [-0.2, -0.15) is 0 Å². The highest BCUT2D eigenvalue weighted by molar-refractivity contribution is 5.19. The van der Waals surface area contributed by atoms with Crippen LogP contribution >= 0.6 is 0 Å². The van der Waals surface area contributed by atoms with Crippen molar-refractivity contribution in [3.63, 3.8) is 0 Å². The average molecular weight is 255 g/mol. The predicted octanol–water partition coefficient (Wildman–Crippen LogP) is 3.24. The minimum Gasteiger partial charge on any atom is -0.308 e. The number of aryl methyl sites for hydroxylation is 1. The molecule has 2 atom stereocenters. The monoisotopic (exact) mass is 255 g/mol. The molecule has 0 bridgehead atoms. The van der Waals surface area contributed by atoms with Crippen molar-refractivity contribution in [3.8, 4) is 0 Å². The molecule has 0 saturated heterocycles. The molecule has 0 amide bonds. The van der Waals surface area contributed by atoms with E-state index in [-0.39, 0.29) is 6.04 Å². The molecule has 0 spiro atoms. The van der Waals surface area contributed by atoms with Gasteiger partial charge in [0.2, 0.25) is 0 Å². The summed E-state index contributed by atoms with van der Waals surface area (Å²) < 4.78 is 0. The highest BCUT2D eigenvalue weighted by Crippen LogP contribution is 2.16. The summed E-state index contributed by atoms with van der Waals surface area (Å²) in [6, 6.07) is 10.8. The van der Waals surface area contributed by atoms with Crippen LogP contribution in [0.25, 0.3) is 0 Å². The molecule has 1 heterocycles. The molecule has 1 aromatic heterocycles. The predicted molar refractivity (Wildman–Crippen MR) is 78.0 cm³/mol. The number of aromatic nitrogens is 2. The van der Waals surface area contributed by atoms with E-state index < -0.39 is 0 Å². The Hall–Kier alpha value is -1.74. The number of nitrogens with zero attached hydrogens (tertiary/aromatic N) is 2. The Morgan fingerprint density at radius 2 is 1.74 bits per heavy atom. The minimum absolute atomic E-state index is 0.222. The standard InChI is InChI=1S/C16H21N3/c1-12(15-7-5-4-6-8-15)11-19-14(3)16-13(2)17-9-10-18-16/h4-10,12,14,19H,11H2,1-3H3. The van der Waals surface area contributed by atoms with Crippen LogP contribution in [0.3, 0.4) is 0 Å². The first kappa shape index (κ1) is 13.7. The Labute approximate surface area is 115 Å². The lowest BCUT2D eigenvalue weighted by Gasteiger charge is -2.18. The summed E-state index contributed by atoms with van der Waals surface area (Å²) in [5.74, 6) is 0.487. The van der Waals surface area contributed by atoms with E-state index in [2.05, 4.69) is 59.5 Å². The van der Waals surface area contributed by atoms with Gasteiger partial charge in [-0.1, -0.05) is 37.3 Å². The highest BCUT2D eigenvalue weighted by Gasteiger charge is 2.12. The Morgan fingerprint density at radius 3 is 2.42 bits per heavy atom. The number of nitrogens with one attached hydrogen (secondary N) is 1. The van der Waals surface area contributed by atoms with E-state index in [1.807, 2.05) is 6.92 Å². The van der Waals surface area contributed by atoms with Gasteiger partial charge < -0.3 is 5.32 Å². The van der Waals surface area contributed by atoms with E-state index >= 15 is 0 Å². The largest absolute Gasteiger partial charge is 0.308 e. The fraction of sp³-hybridized carbons (Fsp3) is 0.375. The first-order valence-corrected chi connectivity index (χ1v) is 6.74. The van der Waals surface area contributed by atoms with Crippen molar-refractivity contribution in [1.29, 1.82) is 0 Å². The quantitative estimate of drug-likeness (QED) is 0.891. The fourth-order valence-corrected chi connectivity index (χ4v) is 2.19. The zero-order valence-corrected chi connectivity index (χ0v) is 11.8. The Bertz CT molecular complexity index is 510. The third-order valence-corrected chi connectivity index (χ3v) is 3.43. The van der Waals surface area contributed by atoms with Gasteiger partial charge in [0.25, 0.3) is 0 Å². The van der Waals surface area contributed by atoms with Gasteiger partial charge in [0.05, 0.1) is 11.4 Å². The molecule has 3 nitrogen and oxygen atoms in total. The lowest BCUT2D eigenvalue weighted by Crippen LogP contribution is -2.25. The van der Waals surface area contributed by atoms with Crippen molar-refractivity contribution in [2.24, 2.45) is 0 Å². The topological polar surface area (TPSA) is 37.8 Å². The summed E-state index contributed by atoms with van der Waals surface area (Å²) in [4.78, 5) is 8.69. The maximum absolute atomic E-state index is 4.40. The molecule has 100 valence electrons. The molecule has 0 aliphatic rings. The molecule has 2 aromatic rings. The van der Waals surface area contributed by atoms with Gasteiger partial charge >= 0.3 is 0 Å². The van der Waals surface area contributed by atoms with Crippen molar-refractivity contribution in [1.82, 2.24) is 15.3 Å². The van der Waals surface area contributed by atoms with Crippen LogP contribution in [0.15, 0.2) is 42.7 Å². The number of rotatable bonds is 5. The Balaban J connectivity index is 1.94. The molecule has 2 unspecified atom stereocenters. The van der Waals surface area contributed by atoms with Gasteiger partial charge in [-0.15, -0.1) is 0 Å². The van der Waals surface area contributed by atoms with Crippen LogP contribution in [0, 0.1) is 6.92 Å². The smallest absolute Gasteiger partial charge is 0.0782 e. The number of hydrogen-bond acceptors (Lipinski definition) is 3. The second-order valence-corrected chi connectivity index (χ2v) is 4.97. The zero-order valence-electron chi connectivity index (χ0n) is 11.8. The van der Waals surface area contributed by atoms with E-state index in [0.717, 1.165) is 17.9 Å². The molecule has 3 heteroatoms. The van der Waals surface area contributed by atoms with Crippen molar-refractivity contribution in [2.45, 2.75) is 32.7 Å². The third-order valence-electron chi connectivity index (χ3n) is 3.43. The molecule has 0 fully saturated rings. The summed E-state index contributed by atoms with van der Waals surface area (Å²) in [5, 5.41) is 3.54. The molecule has 2 rings (SSSR count). The summed E-state index contributed by atoms with van der Waals surface area (Å²) >= 11 is 0. The van der Waals surface area contributed by atoms with Gasteiger partial charge in [0.1, 0.15) is 0 Å². The third kappa shape index (κ3) is 3.61. The van der Waals surface area contributed by atoms with Crippen molar-refractivity contribution < 1.29 is 0 Å². The van der Waals surface area contributed by atoms with Crippen LogP contribution in [0.5, 0.6) is 0 Å². The second kappa shape index (κ2) is 6.43. The molecule has 1 aromatic carbocycles. The molecule has 0 radical (unpaired) electrons. The first-order valence-electron chi connectivity index (χ1n) is 6.74. The van der Waals surface area contributed by atoms with E-state index in [9.17, 15) is 0 Å². The van der Waals surface area contributed by atoms with Crippen molar-refractivity contribution in [3.05, 3.63) is 59.7 Å². The van der Waals surface area contributed by atoms with Gasteiger partial charge in [-0.3, -0.25) is 9.97 Å². The van der Waals surface area contributed by atoms with Gasteiger partial charge in [0, 0.05) is 25.0 Å². The van der Waals surface area contributed by atoms with Crippen LogP contribution in [0.1, 0.15) is 42.8 Å². The summed E-state index contributed by atoms with van der Waals surface area (Å²) in [6.07, 6.45) is 3.49. The molecular weight excluding hydrogens is 234 g/mol. The lowest BCUT2D eigenvalue weighted by molar-refractivity contribution is 0.523. The molecule has 0 aliphatic carbocycles. The summed E-state index contributed by atoms with van der Waals surface area (Å²) in [6.45, 7) is 7.30. The minimum atomic E-state index is 0.222. The van der Waals surface area contributed by atoms with Gasteiger partial charge in [0.15, 0.2) is 0 Å².